The Morgan fingerprint density at radius 3 is 2.00 bits per heavy atom. The highest BCUT2D eigenvalue weighted by atomic mass is 31.2. The molecule has 1 aromatic heterocycles. The summed E-state index contributed by atoms with van der Waals surface area (Å²) in [5.41, 5.74) is -0.364. The predicted molar refractivity (Wildman–Crippen MR) is 236 cm³/mol. The van der Waals surface area contributed by atoms with Crippen LogP contribution in [0.2, 0.25) is 0 Å². The van der Waals surface area contributed by atoms with E-state index in [9.17, 15) is 14.9 Å². The molecule has 0 bridgehead atoms. The topological polar surface area (TPSA) is 156 Å². The van der Waals surface area contributed by atoms with Crippen LogP contribution in [-0.4, -0.2) is 85.1 Å². The number of benzene rings is 4. The van der Waals surface area contributed by atoms with Gasteiger partial charge in [0, 0.05) is 23.8 Å². The quantitative estimate of drug-likeness (QED) is 0.0457. The second-order valence-electron chi connectivity index (χ2n) is 15.2. The van der Waals surface area contributed by atoms with E-state index in [-0.39, 0.29) is 57.4 Å². The van der Waals surface area contributed by atoms with Gasteiger partial charge in [0.1, 0.15) is 28.5 Å². The molecule has 1 unspecified atom stereocenters. The molecular weight excluding hydrogens is 810 g/mol. The number of nitrogens with one attached hydrogen (secondary N) is 1. The maximum Gasteiger partial charge on any atom is 0.351 e. The Morgan fingerprint density at radius 2 is 1.45 bits per heavy atom. The summed E-state index contributed by atoms with van der Waals surface area (Å²) in [6, 6.07) is 37.7. The molecule has 14 nitrogen and oxygen atoms in total. The van der Waals surface area contributed by atoms with Gasteiger partial charge in [-0.25, -0.2) is 9.46 Å². The zero-order valence-corrected chi connectivity index (χ0v) is 36.8. The summed E-state index contributed by atoms with van der Waals surface area (Å²) < 4.78 is 48.3. The molecule has 1 saturated heterocycles. The monoisotopic (exact) mass is 863 g/mol. The highest BCUT2D eigenvalue weighted by molar-refractivity contribution is 7.44. The van der Waals surface area contributed by atoms with E-state index in [0.29, 0.717) is 17.1 Å². The zero-order chi connectivity index (χ0) is 44.1. The van der Waals surface area contributed by atoms with Crippen LogP contribution >= 0.6 is 8.53 Å². The van der Waals surface area contributed by atoms with Gasteiger partial charge >= 0.3 is 5.69 Å². The summed E-state index contributed by atoms with van der Waals surface area (Å²) in [5.74, 6) is 1.04. The van der Waals surface area contributed by atoms with E-state index in [1.54, 1.807) is 38.5 Å². The lowest BCUT2D eigenvalue weighted by Crippen LogP contribution is -2.55. The summed E-state index contributed by atoms with van der Waals surface area (Å²) in [5, 5.41) is 12.1. The smallest absolute Gasteiger partial charge is 0.351 e. The molecule has 1 aliphatic heterocycles. The average molecular weight is 864 g/mol. The summed E-state index contributed by atoms with van der Waals surface area (Å²) in [4.78, 5) is 30.8. The third-order valence-corrected chi connectivity index (χ3v) is 12.3. The Kier molecular flexibility index (Phi) is 16.0. The summed E-state index contributed by atoms with van der Waals surface area (Å²) in [6.45, 7) is 8.26. The van der Waals surface area contributed by atoms with E-state index in [1.807, 2.05) is 84.9 Å². The molecule has 326 valence electrons. The highest BCUT2D eigenvalue weighted by Crippen LogP contribution is 2.48. The van der Waals surface area contributed by atoms with Crippen molar-refractivity contribution >= 4 is 20.3 Å². The van der Waals surface area contributed by atoms with E-state index in [4.69, 9.17) is 32.7 Å². The Bertz CT molecular complexity index is 2230. The number of amides is 1. The SMILES string of the molecule is COc1ccc(C(OC[C@]2(COP(OCCC#N)N(C(C)C)C(C)C)COC[C@H](n3ccc(NC(=O)c4ccccc4)nc3=O)O2)(c2ccccc2)c2ccc(OC)cc2)cc1. The number of rotatable bonds is 20. The number of carbonyl (C=O) groups excluding carboxylic acids is 1. The molecule has 62 heavy (non-hydrogen) atoms. The maximum absolute atomic E-state index is 13.7. The van der Waals surface area contributed by atoms with Crippen molar-refractivity contribution in [3.8, 4) is 17.6 Å². The van der Waals surface area contributed by atoms with Crippen molar-refractivity contribution in [1.29, 1.82) is 5.26 Å². The Hall–Kier alpha value is -5.49. The van der Waals surface area contributed by atoms with Gasteiger partial charge in [-0.2, -0.15) is 10.2 Å². The molecule has 0 radical (unpaired) electrons. The second-order valence-corrected chi connectivity index (χ2v) is 16.7. The summed E-state index contributed by atoms with van der Waals surface area (Å²) in [7, 11) is 1.52. The van der Waals surface area contributed by atoms with E-state index in [2.05, 4.69) is 48.7 Å². The van der Waals surface area contributed by atoms with Crippen LogP contribution in [0.1, 0.15) is 67.4 Å². The fourth-order valence-electron chi connectivity index (χ4n) is 7.31. The largest absolute Gasteiger partial charge is 0.497 e. The molecule has 3 atom stereocenters. The van der Waals surface area contributed by atoms with Gasteiger partial charge < -0.3 is 38.0 Å². The number of carbonyl (C=O) groups is 1. The molecular formula is C47H54N5O9P. The number of aromatic nitrogens is 2. The molecule has 15 heteroatoms. The first-order chi connectivity index (χ1) is 30.0. The minimum absolute atomic E-state index is 0.0113. The van der Waals surface area contributed by atoms with Crippen LogP contribution in [0.5, 0.6) is 11.5 Å². The van der Waals surface area contributed by atoms with Crippen LogP contribution in [0, 0.1) is 11.3 Å². The van der Waals surface area contributed by atoms with Gasteiger partial charge in [-0.15, -0.1) is 0 Å². The number of ether oxygens (including phenoxy) is 5. The lowest BCUT2D eigenvalue weighted by atomic mass is 9.79. The van der Waals surface area contributed by atoms with Crippen LogP contribution in [0.3, 0.4) is 0 Å². The van der Waals surface area contributed by atoms with E-state index in [0.717, 1.165) is 16.7 Å². The summed E-state index contributed by atoms with van der Waals surface area (Å²) in [6.07, 6.45) is 0.727. The summed E-state index contributed by atoms with van der Waals surface area (Å²) >= 11 is 0. The first-order valence-corrected chi connectivity index (χ1v) is 21.6. The Labute approximate surface area is 364 Å². The van der Waals surface area contributed by atoms with Crippen LogP contribution in [0.15, 0.2) is 126 Å². The number of nitrogens with zero attached hydrogens (tertiary/aromatic N) is 4. The van der Waals surface area contributed by atoms with Gasteiger partial charge in [-0.3, -0.25) is 9.36 Å². The Morgan fingerprint density at radius 1 is 0.871 bits per heavy atom. The number of hydrogen-bond acceptors (Lipinski definition) is 12. The molecule has 0 saturated carbocycles. The average Bonchev–Trinajstić information content (AvgIpc) is 3.29. The van der Waals surface area contributed by atoms with Crippen molar-refractivity contribution in [3.05, 3.63) is 154 Å². The third kappa shape index (κ3) is 10.9. The zero-order valence-electron chi connectivity index (χ0n) is 35.9. The fourth-order valence-corrected chi connectivity index (χ4v) is 9.00. The molecule has 1 amide bonds. The molecule has 0 spiro atoms. The van der Waals surface area contributed by atoms with Gasteiger partial charge in [-0.1, -0.05) is 72.8 Å². The van der Waals surface area contributed by atoms with E-state index < -0.39 is 37.6 Å². The van der Waals surface area contributed by atoms with Crippen LogP contribution < -0.4 is 20.5 Å². The van der Waals surface area contributed by atoms with Gasteiger partial charge in [0.15, 0.2) is 6.23 Å². The van der Waals surface area contributed by atoms with Crippen LogP contribution in [0.25, 0.3) is 0 Å². The fraction of sp³-hybridized carbons (Fsp3) is 0.362. The highest BCUT2D eigenvalue weighted by Gasteiger charge is 2.46. The van der Waals surface area contributed by atoms with Crippen LogP contribution in [0.4, 0.5) is 5.82 Å². The molecule has 1 N–H and O–H groups in total. The third-order valence-electron chi connectivity index (χ3n) is 10.3. The number of hydrogen-bond donors (Lipinski definition) is 1. The molecule has 0 aliphatic carbocycles. The normalized spacial score (nSPS) is 17.1. The Balaban J connectivity index is 1.42. The molecule has 2 heterocycles. The van der Waals surface area contributed by atoms with Crippen LogP contribution in [-0.2, 0) is 28.9 Å². The lowest BCUT2D eigenvalue weighted by molar-refractivity contribution is -0.259. The minimum atomic E-state index is -1.72. The predicted octanol–water partition coefficient (Wildman–Crippen LogP) is 8.10. The number of anilines is 1. The van der Waals surface area contributed by atoms with Crippen molar-refractivity contribution in [2.24, 2.45) is 0 Å². The number of nitriles is 1. The van der Waals surface area contributed by atoms with Gasteiger partial charge in [0.2, 0.25) is 0 Å². The molecule has 4 aromatic carbocycles. The van der Waals surface area contributed by atoms with Gasteiger partial charge in [0.25, 0.3) is 14.4 Å². The first kappa shape index (κ1) is 46.0. The van der Waals surface area contributed by atoms with Crippen molar-refractivity contribution in [3.63, 3.8) is 0 Å². The lowest BCUT2D eigenvalue weighted by Gasteiger charge is -2.45. The van der Waals surface area contributed by atoms with Gasteiger partial charge in [-0.05, 0) is 86.8 Å². The second kappa shape index (κ2) is 21.5. The van der Waals surface area contributed by atoms with Crippen molar-refractivity contribution < 1.29 is 37.5 Å². The number of methoxy groups -OCH3 is 2. The first-order valence-electron chi connectivity index (χ1n) is 20.4. The standard InChI is InChI=1S/C47H54N5O9P/c1-34(2)52(35(3)4)62(59-29-13-27-48)60-33-46(31-57-30-43(61-46)51-28-26-42(50-45(51)54)49-44(53)36-14-9-7-10-15-36)32-58-47(37-16-11-8-12-17-37,38-18-22-40(55-5)23-19-38)39-20-24-41(56-6)25-21-39/h7-12,14-26,28,34-35,43H,13,29-33H2,1-6H3,(H,49,50,53,54)/t43-,46+,62?/m1/s1. The maximum atomic E-state index is 13.7. The minimum Gasteiger partial charge on any atom is -0.497 e. The van der Waals surface area contributed by atoms with Gasteiger partial charge in [0.05, 0.1) is 59.7 Å². The molecule has 5 aromatic rings. The van der Waals surface area contributed by atoms with Crippen molar-refractivity contribution in [2.75, 3.05) is 52.6 Å². The van der Waals surface area contributed by atoms with E-state index >= 15 is 0 Å². The van der Waals surface area contributed by atoms with Crippen molar-refractivity contribution in [1.82, 2.24) is 14.2 Å². The molecule has 1 aliphatic rings. The van der Waals surface area contributed by atoms with E-state index in [1.165, 1.54) is 16.8 Å². The molecule has 6 rings (SSSR count). The van der Waals surface area contributed by atoms with Crippen molar-refractivity contribution in [2.45, 2.75) is 63.6 Å². The molecule has 1 fully saturated rings.